The lowest BCUT2D eigenvalue weighted by molar-refractivity contribution is -0.153. The minimum absolute atomic E-state index is 0.170. The number of hydrogen-bond donors (Lipinski definition) is 3. The van der Waals surface area contributed by atoms with Crippen LogP contribution in [-0.4, -0.2) is 78.8 Å². The Morgan fingerprint density at radius 1 is 0.886 bits per heavy atom. The summed E-state index contributed by atoms with van der Waals surface area (Å²) in [6.45, 7) is 3.10. The number of nitrogens with zero attached hydrogens (tertiary/aromatic N) is 1. The third-order valence-corrected chi connectivity index (χ3v) is 6.92. The summed E-state index contributed by atoms with van der Waals surface area (Å²) < 4.78 is 10.8. The van der Waals surface area contributed by atoms with Crippen LogP contribution >= 0.6 is 0 Å². The van der Waals surface area contributed by atoms with Crippen LogP contribution in [0.25, 0.3) is 0 Å². The number of alkyl carbamates (subject to hydrolysis) is 1. The van der Waals surface area contributed by atoms with E-state index in [4.69, 9.17) is 19.7 Å². The molecule has 1 amide bonds. The highest BCUT2D eigenvalue weighted by Crippen LogP contribution is 2.17. The van der Waals surface area contributed by atoms with Crippen LogP contribution < -0.4 is 5.32 Å². The molecule has 1 rings (SSSR count). The van der Waals surface area contributed by atoms with E-state index in [-0.39, 0.29) is 18.6 Å². The molecule has 0 saturated carbocycles. The number of unbranched alkanes of at least 4 members (excludes halogenated alkanes) is 9. The average Bonchev–Trinajstić information content (AvgIpc) is 3.26. The molecule has 0 aromatic carbocycles. The molecule has 0 aliphatic carbocycles. The molecule has 2 unspecified atom stereocenters. The molecule has 1 fully saturated rings. The quantitative estimate of drug-likeness (QED) is 0.157. The first-order chi connectivity index (χ1) is 17.0. The van der Waals surface area contributed by atoms with Crippen molar-refractivity contribution in [2.75, 3.05) is 33.4 Å². The monoisotopic (exact) mass is 500 g/mol. The number of nitrogens with one attached hydrogen (secondary N) is 1. The van der Waals surface area contributed by atoms with Crippen molar-refractivity contribution in [2.45, 2.75) is 128 Å². The van der Waals surface area contributed by atoms with Gasteiger partial charge in [0.1, 0.15) is 12.2 Å². The van der Waals surface area contributed by atoms with Crippen LogP contribution in [0.3, 0.4) is 0 Å². The molecule has 1 heterocycles. The van der Waals surface area contributed by atoms with Crippen molar-refractivity contribution in [2.24, 2.45) is 0 Å². The highest BCUT2D eigenvalue weighted by atomic mass is 16.6. The lowest BCUT2D eigenvalue weighted by Crippen LogP contribution is -2.39. The van der Waals surface area contributed by atoms with Crippen molar-refractivity contribution in [3.05, 3.63) is 0 Å². The van der Waals surface area contributed by atoms with Gasteiger partial charge in [-0.25, -0.2) is 4.79 Å². The number of carbonyl (C=O) groups is 2. The van der Waals surface area contributed by atoms with Crippen LogP contribution in [-0.2, 0) is 14.3 Å². The Labute approximate surface area is 213 Å². The Kier molecular flexibility index (Phi) is 18.8. The SMILES string of the molecule is CCCCCCCCCCCCC(CCCC(=O)OC(CO)CO)OC(=O)NCC1CCCN1C. The van der Waals surface area contributed by atoms with Crippen LogP contribution in [0, 0.1) is 0 Å². The molecule has 206 valence electrons. The summed E-state index contributed by atoms with van der Waals surface area (Å²) in [5.74, 6) is -0.454. The van der Waals surface area contributed by atoms with Gasteiger partial charge in [0, 0.05) is 19.0 Å². The summed E-state index contributed by atoms with van der Waals surface area (Å²) in [4.78, 5) is 26.6. The molecule has 2 atom stereocenters. The lowest BCUT2D eigenvalue weighted by atomic mass is 10.0. The van der Waals surface area contributed by atoms with Crippen LogP contribution in [0.2, 0.25) is 0 Å². The third kappa shape index (κ3) is 16.1. The van der Waals surface area contributed by atoms with Crippen molar-refractivity contribution in [1.82, 2.24) is 10.2 Å². The number of carbonyl (C=O) groups excluding carboxylic acids is 2. The summed E-state index contributed by atoms with van der Waals surface area (Å²) in [5.41, 5.74) is 0. The lowest BCUT2D eigenvalue weighted by Gasteiger charge is -2.22. The zero-order chi connectivity index (χ0) is 25.7. The maximum atomic E-state index is 12.4. The van der Waals surface area contributed by atoms with Gasteiger partial charge in [0.15, 0.2) is 0 Å². The summed E-state index contributed by atoms with van der Waals surface area (Å²) in [7, 11) is 2.08. The van der Waals surface area contributed by atoms with Crippen molar-refractivity contribution in [3.8, 4) is 0 Å². The fraction of sp³-hybridized carbons (Fsp3) is 0.926. The summed E-state index contributed by atoms with van der Waals surface area (Å²) in [5, 5.41) is 21.0. The van der Waals surface area contributed by atoms with Gasteiger partial charge < -0.3 is 29.9 Å². The van der Waals surface area contributed by atoms with Crippen molar-refractivity contribution in [3.63, 3.8) is 0 Å². The molecule has 3 N–H and O–H groups in total. The number of hydrogen-bond acceptors (Lipinski definition) is 7. The van der Waals surface area contributed by atoms with E-state index in [1.807, 2.05) is 0 Å². The number of amides is 1. The molecule has 0 aromatic heterocycles. The standard InChI is InChI=1S/C27H52N2O6/c1-3-4-5-6-7-8-9-10-11-12-16-24(17-13-18-26(32)34-25(21-30)22-31)35-27(33)28-20-23-15-14-19-29(23)2/h23-25,30-31H,3-22H2,1-2H3,(H,28,33). The van der Waals surface area contributed by atoms with Crippen LogP contribution in [0.15, 0.2) is 0 Å². The largest absolute Gasteiger partial charge is 0.457 e. The van der Waals surface area contributed by atoms with Gasteiger partial charge in [0.2, 0.25) is 0 Å². The van der Waals surface area contributed by atoms with Gasteiger partial charge in [0.05, 0.1) is 13.2 Å². The number of rotatable bonds is 21. The molecule has 0 aromatic rings. The molecule has 8 nitrogen and oxygen atoms in total. The first-order valence-corrected chi connectivity index (χ1v) is 14.1. The zero-order valence-electron chi connectivity index (χ0n) is 22.3. The van der Waals surface area contributed by atoms with Gasteiger partial charge in [-0.15, -0.1) is 0 Å². The zero-order valence-corrected chi connectivity index (χ0v) is 22.3. The minimum atomic E-state index is -0.874. The highest BCUT2D eigenvalue weighted by molar-refractivity contribution is 5.69. The average molecular weight is 501 g/mol. The van der Waals surface area contributed by atoms with E-state index in [2.05, 4.69) is 24.2 Å². The predicted molar refractivity (Wildman–Crippen MR) is 138 cm³/mol. The van der Waals surface area contributed by atoms with E-state index in [9.17, 15) is 9.59 Å². The van der Waals surface area contributed by atoms with Gasteiger partial charge in [-0.05, 0) is 52.1 Å². The maximum absolute atomic E-state index is 12.4. The molecule has 8 heteroatoms. The Bertz CT molecular complexity index is 544. The van der Waals surface area contributed by atoms with Gasteiger partial charge in [-0.3, -0.25) is 4.79 Å². The molecule has 1 saturated heterocycles. The Morgan fingerprint density at radius 3 is 2.06 bits per heavy atom. The Hall–Kier alpha value is -1.38. The van der Waals surface area contributed by atoms with E-state index in [1.165, 1.54) is 51.4 Å². The van der Waals surface area contributed by atoms with E-state index in [1.54, 1.807) is 0 Å². The molecule has 0 spiro atoms. The van der Waals surface area contributed by atoms with Crippen LogP contribution in [0.5, 0.6) is 0 Å². The first kappa shape index (κ1) is 31.6. The molecule has 0 bridgehead atoms. The first-order valence-electron chi connectivity index (χ1n) is 14.1. The third-order valence-electron chi connectivity index (χ3n) is 6.92. The topological polar surface area (TPSA) is 108 Å². The predicted octanol–water partition coefficient (Wildman–Crippen LogP) is 4.55. The van der Waals surface area contributed by atoms with Crippen LogP contribution in [0.1, 0.15) is 110 Å². The summed E-state index contributed by atoms with van der Waals surface area (Å²) in [6, 6.07) is 0.365. The van der Waals surface area contributed by atoms with Crippen LogP contribution in [0.4, 0.5) is 4.79 Å². The number of likely N-dealkylation sites (tertiary alicyclic amines) is 1. The summed E-state index contributed by atoms with van der Waals surface area (Å²) >= 11 is 0. The minimum Gasteiger partial charge on any atom is -0.457 e. The molecule has 1 aliphatic heterocycles. The maximum Gasteiger partial charge on any atom is 0.407 e. The Morgan fingerprint density at radius 2 is 1.49 bits per heavy atom. The van der Waals surface area contributed by atoms with Gasteiger partial charge in [-0.2, -0.15) is 0 Å². The second-order valence-corrected chi connectivity index (χ2v) is 10.0. The second kappa shape index (κ2) is 20.8. The normalized spacial score (nSPS) is 17.0. The number of likely N-dealkylation sites (N-methyl/N-ethyl adjacent to an activating group) is 1. The molecule has 1 aliphatic rings. The Balaban J connectivity index is 2.33. The van der Waals surface area contributed by atoms with Gasteiger partial charge in [0.25, 0.3) is 0 Å². The highest BCUT2D eigenvalue weighted by Gasteiger charge is 2.22. The van der Waals surface area contributed by atoms with E-state index >= 15 is 0 Å². The van der Waals surface area contributed by atoms with Gasteiger partial charge >= 0.3 is 12.1 Å². The second-order valence-electron chi connectivity index (χ2n) is 10.0. The smallest absolute Gasteiger partial charge is 0.407 e. The van der Waals surface area contributed by atoms with Crippen molar-refractivity contribution in [1.29, 1.82) is 0 Å². The summed E-state index contributed by atoms with van der Waals surface area (Å²) in [6.07, 6.45) is 15.4. The molecular weight excluding hydrogens is 448 g/mol. The van der Waals surface area contributed by atoms with E-state index in [0.717, 1.165) is 38.6 Å². The van der Waals surface area contributed by atoms with Gasteiger partial charge in [-0.1, -0.05) is 64.7 Å². The number of ether oxygens (including phenoxy) is 2. The molecule has 0 radical (unpaired) electrons. The number of aliphatic hydroxyl groups excluding tert-OH is 2. The van der Waals surface area contributed by atoms with E-state index < -0.39 is 25.3 Å². The number of esters is 1. The van der Waals surface area contributed by atoms with Crippen molar-refractivity contribution >= 4 is 12.1 Å². The number of aliphatic hydroxyl groups is 2. The van der Waals surface area contributed by atoms with E-state index in [0.29, 0.717) is 25.4 Å². The fourth-order valence-corrected chi connectivity index (χ4v) is 4.60. The van der Waals surface area contributed by atoms with Crippen molar-refractivity contribution < 1.29 is 29.3 Å². The molecule has 35 heavy (non-hydrogen) atoms. The fourth-order valence-electron chi connectivity index (χ4n) is 4.60. The molecular formula is C27H52N2O6.